The summed E-state index contributed by atoms with van der Waals surface area (Å²) < 4.78 is 7.70. The zero-order valence-corrected chi connectivity index (χ0v) is 12.3. The van der Waals surface area contributed by atoms with E-state index in [0.29, 0.717) is 12.3 Å². The Morgan fingerprint density at radius 2 is 2.22 bits per heavy atom. The number of morpholine rings is 1. The quantitative estimate of drug-likeness (QED) is 0.790. The number of carboxylic acids is 1. The number of amides is 1. The molecule has 0 bridgehead atoms. The lowest BCUT2D eigenvalue weighted by molar-refractivity contribution is -0.158. The molecule has 2 aromatic heterocycles. The van der Waals surface area contributed by atoms with Gasteiger partial charge in [0.2, 0.25) is 5.91 Å². The van der Waals surface area contributed by atoms with E-state index in [9.17, 15) is 14.4 Å². The minimum atomic E-state index is -1.09. The smallest absolute Gasteiger partial charge is 0.350 e. The molecule has 1 aliphatic heterocycles. The topological polar surface area (TPSA) is 106 Å². The number of carbonyl (C=O) groups is 2. The van der Waals surface area contributed by atoms with E-state index in [0.717, 1.165) is 0 Å². The summed E-state index contributed by atoms with van der Waals surface area (Å²) in [4.78, 5) is 36.8. The van der Waals surface area contributed by atoms with Gasteiger partial charge in [0.05, 0.1) is 19.8 Å². The lowest BCUT2D eigenvalue weighted by atomic mass is 10.2. The normalized spacial score (nSPS) is 18.3. The highest BCUT2D eigenvalue weighted by atomic mass is 16.5. The highest BCUT2D eigenvalue weighted by Gasteiger charge is 2.32. The molecule has 1 atom stereocenters. The summed E-state index contributed by atoms with van der Waals surface area (Å²) in [6.45, 7) is 0.623. The minimum Gasteiger partial charge on any atom is -0.480 e. The van der Waals surface area contributed by atoms with Crippen LogP contribution in [0.15, 0.2) is 29.2 Å². The monoisotopic (exact) mass is 320 g/mol. The maximum atomic E-state index is 12.3. The molecule has 0 spiro atoms. The van der Waals surface area contributed by atoms with Crippen LogP contribution in [0.1, 0.15) is 6.42 Å². The van der Waals surface area contributed by atoms with Crippen LogP contribution in [0.25, 0.3) is 5.65 Å². The summed E-state index contributed by atoms with van der Waals surface area (Å²) in [5, 5.41) is 13.3. The Kier molecular flexibility index (Phi) is 4.11. The third-order valence-corrected chi connectivity index (χ3v) is 3.76. The first-order valence-corrected chi connectivity index (χ1v) is 7.22. The van der Waals surface area contributed by atoms with Gasteiger partial charge >= 0.3 is 11.7 Å². The zero-order valence-electron chi connectivity index (χ0n) is 12.3. The zero-order chi connectivity index (χ0) is 16.4. The average molecular weight is 320 g/mol. The lowest BCUT2D eigenvalue weighted by Gasteiger charge is -2.32. The molecule has 1 fully saturated rings. The van der Waals surface area contributed by atoms with Crippen molar-refractivity contribution in [3.63, 3.8) is 0 Å². The number of ether oxygens (including phenoxy) is 1. The molecule has 0 aliphatic carbocycles. The molecule has 3 heterocycles. The maximum Gasteiger partial charge on any atom is 0.350 e. The molecule has 3 rings (SSSR count). The molecule has 1 aliphatic rings. The van der Waals surface area contributed by atoms with Crippen molar-refractivity contribution in [1.82, 2.24) is 19.1 Å². The Hall–Kier alpha value is -2.68. The summed E-state index contributed by atoms with van der Waals surface area (Å²) in [6, 6.07) is 4.20. The van der Waals surface area contributed by atoms with Gasteiger partial charge in [-0.25, -0.2) is 14.3 Å². The van der Waals surface area contributed by atoms with Gasteiger partial charge in [-0.3, -0.25) is 9.20 Å². The molecule has 1 unspecified atom stereocenters. The Morgan fingerprint density at radius 3 is 2.96 bits per heavy atom. The van der Waals surface area contributed by atoms with Crippen LogP contribution < -0.4 is 5.69 Å². The van der Waals surface area contributed by atoms with Crippen molar-refractivity contribution < 1.29 is 19.4 Å². The number of nitrogens with zero attached hydrogens (tertiary/aromatic N) is 4. The third kappa shape index (κ3) is 2.95. The van der Waals surface area contributed by atoms with Gasteiger partial charge in [0.25, 0.3) is 0 Å². The number of aromatic nitrogens is 3. The first kappa shape index (κ1) is 15.2. The number of hydrogen-bond acceptors (Lipinski definition) is 5. The van der Waals surface area contributed by atoms with Crippen molar-refractivity contribution in [2.75, 3.05) is 19.8 Å². The van der Waals surface area contributed by atoms with E-state index in [1.807, 2.05) is 0 Å². The van der Waals surface area contributed by atoms with Gasteiger partial charge < -0.3 is 14.7 Å². The second-order valence-electron chi connectivity index (χ2n) is 5.20. The van der Waals surface area contributed by atoms with E-state index >= 15 is 0 Å². The number of hydrogen-bond donors (Lipinski definition) is 1. The second-order valence-corrected chi connectivity index (χ2v) is 5.20. The van der Waals surface area contributed by atoms with E-state index in [1.165, 1.54) is 14.0 Å². The molecule has 9 heteroatoms. The van der Waals surface area contributed by atoms with Crippen LogP contribution in [-0.4, -0.2) is 61.9 Å². The highest BCUT2D eigenvalue weighted by molar-refractivity contribution is 5.83. The minimum absolute atomic E-state index is 0.00751. The van der Waals surface area contributed by atoms with Crippen molar-refractivity contribution in [3.05, 3.63) is 34.9 Å². The standard InChI is InChI=1S/C14H16N4O5/c19-12(16-7-8-23-9-10(16)13(20)21)4-6-18-14(22)17-5-2-1-3-11(17)15-18/h1-3,5,10H,4,6-9H2,(H,20,21). The van der Waals surface area contributed by atoms with Gasteiger partial charge in [-0.2, -0.15) is 0 Å². The summed E-state index contributed by atoms with van der Waals surface area (Å²) in [5.41, 5.74) is 0.171. The van der Waals surface area contributed by atoms with Crippen LogP contribution in [0.3, 0.4) is 0 Å². The van der Waals surface area contributed by atoms with Gasteiger partial charge in [-0.05, 0) is 12.1 Å². The molecule has 1 amide bonds. The van der Waals surface area contributed by atoms with E-state index in [1.54, 1.807) is 24.4 Å². The van der Waals surface area contributed by atoms with E-state index in [-0.39, 0.29) is 37.7 Å². The molecule has 0 saturated carbocycles. The van der Waals surface area contributed by atoms with Crippen LogP contribution in [0.2, 0.25) is 0 Å². The summed E-state index contributed by atoms with van der Waals surface area (Å²) in [6.07, 6.45) is 1.61. The predicted molar refractivity (Wildman–Crippen MR) is 78.0 cm³/mol. The Balaban J connectivity index is 1.71. The van der Waals surface area contributed by atoms with E-state index in [4.69, 9.17) is 9.84 Å². The van der Waals surface area contributed by atoms with Crippen molar-refractivity contribution >= 4 is 17.5 Å². The first-order chi connectivity index (χ1) is 11.1. The van der Waals surface area contributed by atoms with Crippen LogP contribution >= 0.6 is 0 Å². The Bertz CT molecular complexity index is 796. The van der Waals surface area contributed by atoms with Gasteiger partial charge in [-0.15, -0.1) is 5.10 Å². The summed E-state index contributed by atoms with van der Waals surface area (Å²) in [5.74, 6) is -1.42. The van der Waals surface area contributed by atoms with Crippen LogP contribution in [0, 0.1) is 0 Å². The fourth-order valence-corrected chi connectivity index (χ4v) is 2.57. The van der Waals surface area contributed by atoms with Crippen LogP contribution in [0.4, 0.5) is 0 Å². The summed E-state index contributed by atoms with van der Waals surface area (Å²) in [7, 11) is 0. The van der Waals surface area contributed by atoms with Crippen molar-refractivity contribution in [2.24, 2.45) is 0 Å². The number of aliphatic carboxylic acids is 1. The highest BCUT2D eigenvalue weighted by Crippen LogP contribution is 2.09. The third-order valence-electron chi connectivity index (χ3n) is 3.76. The predicted octanol–water partition coefficient (Wildman–Crippen LogP) is -0.802. The van der Waals surface area contributed by atoms with Gasteiger partial charge in [0.1, 0.15) is 0 Å². The average Bonchev–Trinajstić information content (AvgIpc) is 2.89. The first-order valence-electron chi connectivity index (χ1n) is 7.22. The number of rotatable bonds is 4. The molecular weight excluding hydrogens is 304 g/mol. The van der Waals surface area contributed by atoms with Crippen molar-refractivity contribution in [3.8, 4) is 0 Å². The molecule has 2 aromatic rings. The SMILES string of the molecule is O=C(O)C1COCCN1C(=O)CCn1nc2ccccn2c1=O. The van der Waals surface area contributed by atoms with E-state index in [2.05, 4.69) is 5.10 Å². The summed E-state index contributed by atoms with van der Waals surface area (Å²) >= 11 is 0. The fraction of sp³-hybridized carbons (Fsp3) is 0.429. The number of aryl methyl sites for hydroxylation is 1. The molecule has 9 nitrogen and oxygen atoms in total. The lowest BCUT2D eigenvalue weighted by Crippen LogP contribution is -2.52. The van der Waals surface area contributed by atoms with Crippen molar-refractivity contribution in [1.29, 1.82) is 0 Å². The second kappa shape index (κ2) is 6.21. The number of carboxylic acid groups (broad SMARTS) is 1. The maximum absolute atomic E-state index is 12.3. The number of carbonyl (C=O) groups excluding carboxylic acids is 1. The van der Waals surface area contributed by atoms with E-state index < -0.39 is 12.0 Å². The molecule has 0 radical (unpaired) electrons. The van der Waals surface area contributed by atoms with Gasteiger partial charge in [-0.1, -0.05) is 6.07 Å². The fourth-order valence-electron chi connectivity index (χ4n) is 2.57. The molecule has 23 heavy (non-hydrogen) atoms. The molecule has 0 aromatic carbocycles. The molecule has 1 N–H and O–H groups in total. The largest absolute Gasteiger partial charge is 0.480 e. The van der Waals surface area contributed by atoms with Gasteiger partial charge in [0.15, 0.2) is 11.7 Å². The molecule has 1 saturated heterocycles. The van der Waals surface area contributed by atoms with Crippen LogP contribution in [-0.2, 0) is 20.9 Å². The molecular formula is C14H16N4O5. The number of pyridine rings is 1. The van der Waals surface area contributed by atoms with Crippen LogP contribution in [0.5, 0.6) is 0 Å². The van der Waals surface area contributed by atoms with Gasteiger partial charge in [0, 0.05) is 19.2 Å². The number of fused-ring (bicyclic) bond motifs is 1. The molecule has 122 valence electrons. The Morgan fingerprint density at radius 1 is 1.39 bits per heavy atom. The Labute approximate surface area is 130 Å². The van der Waals surface area contributed by atoms with Crippen molar-refractivity contribution in [2.45, 2.75) is 19.0 Å².